The van der Waals surface area contributed by atoms with E-state index in [1.165, 1.54) is 5.56 Å². The number of fused-ring (bicyclic) bond motifs is 1. The first-order valence-corrected chi connectivity index (χ1v) is 9.20. The molecule has 0 saturated heterocycles. The second kappa shape index (κ2) is 7.76. The number of aliphatic hydroxyl groups excluding tert-OH is 2. The van der Waals surface area contributed by atoms with Crippen molar-refractivity contribution < 1.29 is 25.0 Å². The number of oxime groups is 1. The summed E-state index contributed by atoms with van der Waals surface area (Å²) in [5.74, 6) is -0.542. The predicted molar refractivity (Wildman–Crippen MR) is 96.8 cm³/mol. The molecule has 5 unspecified atom stereocenters. The maximum atomic E-state index is 10.5. The fourth-order valence-electron chi connectivity index (χ4n) is 4.40. The number of carboxylic acids is 1. The number of hydrogen-bond donors (Lipinski definition) is 3. The van der Waals surface area contributed by atoms with Crippen LogP contribution in [0.4, 0.5) is 0 Å². The molecule has 0 aliphatic heterocycles. The van der Waals surface area contributed by atoms with Crippen LogP contribution in [-0.4, -0.2) is 39.7 Å². The Bertz CT molecular complexity index is 701. The van der Waals surface area contributed by atoms with Gasteiger partial charge >= 0.3 is 5.97 Å². The molecule has 1 aromatic carbocycles. The molecule has 142 valence electrons. The highest BCUT2D eigenvalue weighted by Gasteiger charge is 2.51. The molecule has 0 bridgehead atoms. The minimum Gasteiger partial charge on any atom is -0.479 e. The van der Waals surface area contributed by atoms with Crippen LogP contribution in [0.25, 0.3) is 0 Å². The van der Waals surface area contributed by atoms with E-state index in [1.54, 1.807) is 0 Å². The molecule has 3 N–H and O–H groups in total. The van der Waals surface area contributed by atoms with Gasteiger partial charge in [-0.25, -0.2) is 4.79 Å². The summed E-state index contributed by atoms with van der Waals surface area (Å²) in [6.07, 6.45) is 1.96. The predicted octanol–water partition coefficient (Wildman–Crippen LogP) is 2.59. The van der Waals surface area contributed by atoms with Gasteiger partial charge in [0.1, 0.15) is 0 Å². The molecule has 0 heterocycles. The van der Waals surface area contributed by atoms with E-state index in [1.807, 2.05) is 26.0 Å². The highest BCUT2D eigenvalue weighted by atomic mass is 16.6. The SMILES string of the molecule is Cc1ccc(C(O)CCC2CC3/C(=N\OCC(=O)O)CC3C2O)c(C)c1. The summed E-state index contributed by atoms with van der Waals surface area (Å²) >= 11 is 0. The molecule has 0 aromatic heterocycles. The standard InChI is InChI=1S/C20H27NO5/c1-11-3-5-14(12(2)7-11)18(22)6-4-13-8-15-16(20(13)25)9-17(15)21-26-10-19(23)24/h3,5,7,13,15-16,18,20,22,25H,4,6,8-10H2,1-2H3,(H,23,24)/b21-17-. The Morgan fingerprint density at radius 3 is 2.85 bits per heavy atom. The monoisotopic (exact) mass is 361 g/mol. The van der Waals surface area contributed by atoms with Crippen molar-refractivity contribution in [3.8, 4) is 0 Å². The normalized spacial score (nSPS) is 29.9. The molecule has 5 atom stereocenters. The van der Waals surface area contributed by atoms with Crippen LogP contribution in [0.2, 0.25) is 0 Å². The molecule has 6 heteroatoms. The number of carboxylic acid groups (broad SMARTS) is 1. The molecule has 6 nitrogen and oxygen atoms in total. The van der Waals surface area contributed by atoms with Crippen molar-refractivity contribution in [1.29, 1.82) is 0 Å². The number of aryl methyl sites for hydroxylation is 2. The highest BCUT2D eigenvalue weighted by molar-refractivity contribution is 5.93. The van der Waals surface area contributed by atoms with Crippen LogP contribution in [-0.2, 0) is 9.63 Å². The lowest BCUT2D eigenvalue weighted by atomic mass is 9.73. The summed E-state index contributed by atoms with van der Waals surface area (Å²) in [7, 11) is 0. The molecule has 2 aliphatic carbocycles. The minimum absolute atomic E-state index is 0.137. The van der Waals surface area contributed by atoms with Crippen molar-refractivity contribution in [2.75, 3.05) is 6.61 Å². The lowest BCUT2D eigenvalue weighted by Gasteiger charge is -2.33. The van der Waals surface area contributed by atoms with Gasteiger partial charge in [-0.05, 0) is 62.5 Å². The smallest absolute Gasteiger partial charge is 0.344 e. The van der Waals surface area contributed by atoms with Gasteiger partial charge in [0.15, 0.2) is 0 Å². The van der Waals surface area contributed by atoms with E-state index in [9.17, 15) is 15.0 Å². The first-order chi connectivity index (χ1) is 12.4. The molecule has 2 fully saturated rings. The Morgan fingerprint density at radius 2 is 2.15 bits per heavy atom. The van der Waals surface area contributed by atoms with Crippen LogP contribution in [0.1, 0.15) is 48.5 Å². The molecule has 0 radical (unpaired) electrons. The topological polar surface area (TPSA) is 99.4 Å². The quantitative estimate of drug-likeness (QED) is 0.648. The Balaban J connectivity index is 1.52. The zero-order valence-electron chi connectivity index (χ0n) is 15.3. The van der Waals surface area contributed by atoms with E-state index < -0.39 is 18.7 Å². The molecule has 1 aromatic rings. The zero-order valence-corrected chi connectivity index (χ0v) is 15.3. The number of benzene rings is 1. The van der Waals surface area contributed by atoms with E-state index in [-0.39, 0.29) is 23.9 Å². The van der Waals surface area contributed by atoms with Crippen LogP contribution < -0.4 is 0 Å². The summed E-state index contributed by atoms with van der Waals surface area (Å²) in [5, 5.41) is 33.5. The first-order valence-electron chi connectivity index (χ1n) is 9.20. The van der Waals surface area contributed by atoms with Crippen LogP contribution >= 0.6 is 0 Å². The second-order valence-electron chi connectivity index (χ2n) is 7.66. The molecule has 0 spiro atoms. The summed E-state index contributed by atoms with van der Waals surface area (Å²) in [5.41, 5.74) is 4.08. The second-order valence-corrected chi connectivity index (χ2v) is 7.66. The van der Waals surface area contributed by atoms with Crippen molar-refractivity contribution in [3.63, 3.8) is 0 Å². The van der Waals surface area contributed by atoms with Crippen molar-refractivity contribution in [1.82, 2.24) is 0 Å². The van der Waals surface area contributed by atoms with Gasteiger partial charge in [-0.2, -0.15) is 0 Å². The molecule has 26 heavy (non-hydrogen) atoms. The first kappa shape index (κ1) is 18.9. The van der Waals surface area contributed by atoms with E-state index in [0.29, 0.717) is 12.8 Å². The van der Waals surface area contributed by atoms with Gasteiger partial charge in [-0.1, -0.05) is 28.9 Å². The van der Waals surface area contributed by atoms with E-state index >= 15 is 0 Å². The molecular weight excluding hydrogens is 334 g/mol. The number of hydrogen-bond acceptors (Lipinski definition) is 5. The van der Waals surface area contributed by atoms with Crippen LogP contribution in [0.15, 0.2) is 23.4 Å². The average molecular weight is 361 g/mol. The summed E-state index contributed by atoms with van der Waals surface area (Å²) < 4.78 is 0. The van der Waals surface area contributed by atoms with Crippen molar-refractivity contribution in [2.45, 2.75) is 51.7 Å². The number of nitrogens with zero attached hydrogens (tertiary/aromatic N) is 1. The average Bonchev–Trinajstić information content (AvgIpc) is 2.80. The third kappa shape index (κ3) is 3.91. The minimum atomic E-state index is -1.05. The van der Waals surface area contributed by atoms with Crippen molar-refractivity contribution in [3.05, 3.63) is 34.9 Å². The molecule has 3 rings (SSSR count). The Kier molecular flexibility index (Phi) is 5.63. The number of aliphatic hydroxyl groups is 2. The van der Waals surface area contributed by atoms with Crippen LogP contribution in [0.3, 0.4) is 0 Å². The molecule has 0 amide bonds. The number of aliphatic carboxylic acids is 1. The summed E-state index contributed by atoms with van der Waals surface area (Å²) in [6.45, 7) is 3.61. The summed E-state index contributed by atoms with van der Waals surface area (Å²) in [4.78, 5) is 15.3. The fourth-order valence-corrected chi connectivity index (χ4v) is 4.40. The van der Waals surface area contributed by atoms with Gasteiger partial charge in [-0.3, -0.25) is 0 Å². The van der Waals surface area contributed by atoms with Gasteiger partial charge in [0, 0.05) is 5.92 Å². The molecule has 2 aliphatic rings. The van der Waals surface area contributed by atoms with Gasteiger partial charge in [-0.15, -0.1) is 0 Å². The van der Waals surface area contributed by atoms with Gasteiger partial charge in [0.25, 0.3) is 0 Å². The third-order valence-electron chi connectivity index (χ3n) is 5.83. The van der Waals surface area contributed by atoms with Gasteiger partial charge in [0.2, 0.25) is 6.61 Å². The van der Waals surface area contributed by atoms with Gasteiger partial charge in [0.05, 0.1) is 17.9 Å². The van der Waals surface area contributed by atoms with Crippen LogP contribution in [0, 0.1) is 31.6 Å². The maximum Gasteiger partial charge on any atom is 0.344 e. The fraction of sp³-hybridized carbons (Fsp3) is 0.600. The van der Waals surface area contributed by atoms with E-state index in [0.717, 1.165) is 29.7 Å². The lowest BCUT2D eigenvalue weighted by molar-refractivity contribution is -0.142. The Labute approximate surface area is 153 Å². The molecule has 2 saturated carbocycles. The van der Waals surface area contributed by atoms with E-state index in [2.05, 4.69) is 11.2 Å². The Morgan fingerprint density at radius 1 is 1.38 bits per heavy atom. The summed E-state index contributed by atoms with van der Waals surface area (Å²) in [6, 6.07) is 6.06. The van der Waals surface area contributed by atoms with Crippen molar-refractivity contribution in [2.24, 2.45) is 22.9 Å². The largest absolute Gasteiger partial charge is 0.479 e. The number of carbonyl (C=O) groups is 1. The Hall–Kier alpha value is -1.92. The lowest BCUT2D eigenvalue weighted by Crippen LogP contribution is -2.38. The maximum absolute atomic E-state index is 10.5. The highest BCUT2D eigenvalue weighted by Crippen LogP contribution is 2.49. The van der Waals surface area contributed by atoms with Crippen LogP contribution in [0.5, 0.6) is 0 Å². The van der Waals surface area contributed by atoms with E-state index in [4.69, 9.17) is 9.94 Å². The third-order valence-corrected chi connectivity index (χ3v) is 5.83. The van der Waals surface area contributed by atoms with Gasteiger partial charge < -0.3 is 20.2 Å². The van der Waals surface area contributed by atoms with Crippen molar-refractivity contribution >= 4 is 11.7 Å². The molecular formula is C20H27NO5. The zero-order chi connectivity index (χ0) is 18.8. The number of rotatable bonds is 7.